The van der Waals surface area contributed by atoms with E-state index in [2.05, 4.69) is 59.1 Å². The lowest BCUT2D eigenvalue weighted by atomic mass is 9.85. The van der Waals surface area contributed by atoms with E-state index in [-0.39, 0.29) is 0 Å². The Bertz CT molecular complexity index is 355. The molecule has 4 heteroatoms. The average molecular weight is 300 g/mol. The Kier molecular flexibility index (Phi) is 4.26. The maximum atomic E-state index is 4.58. The number of rotatable bonds is 5. The lowest BCUT2D eigenvalue weighted by Crippen LogP contribution is -2.34. The van der Waals surface area contributed by atoms with Crippen LogP contribution in [-0.2, 0) is 6.54 Å². The van der Waals surface area contributed by atoms with Crippen molar-refractivity contribution in [3.8, 4) is 0 Å². The molecule has 1 aromatic rings. The predicted octanol–water partition coefficient (Wildman–Crippen LogP) is 3.07. The summed E-state index contributed by atoms with van der Waals surface area (Å²) in [6, 6.07) is 2.58. The van der Waals surface area contributed by atoms with Gasteiger partial charge >= 0.3 is 0 Å². The molecule has 0 aromatic carbocycles. The molecule has 1 fully saturated rings. The zero-order chi connectivity index (χ0) is 12.4. The summed E-state index contributed by atoms with van der Waals surface area (Å²) in [4.78, 5) is 3.15. The van der Waals surface area contributed by atoms with Crippen LogP contribution in [0.2, 0.25) is 0 Å². The molecular weight excluding hydrogens is 278 g/mol. The molecule has 17 heavy (non-hydrogen) atoms. The van der Waals surface area contributed by atoms with Crippen LogP contribution in [0.1, 0.15) is 38.4 Å². The molecule has 1 saturated carbocycles. The van der Waals surface area contributed by atoms with Crippen molar-refractivity contribution in [2.75, 3.05) is 13.6 Å². The number of alkyl halides is 1. The molecule has 0 radical (unpaired) electrons. The van der Waals surface area contributed by atoms with Gasteiger partial charge in [-0.2, -0.15) is 5.10 Å². The van der Waals surface area contributed by atoms with E-state index >= 15 is 0 Å². The van der Waals surface area contributed by atoms with Crippen LogP contribution in [-0.4, -0.2) is 33.1 Å². The molecule has 0 N–H and O–H groups in total. The van der Waals surface area contributed by atoms with Gasteiger partial charge in [0.25, 0.3) is 0 Å². The van der Waals surface area contributed by atoms with Gasteiger partial charge in [0.05, 0.1) is 5.69 Å². The number of aromatic nitrogens is 2. The summed E-state index contributed by atoms with van der Waals surface area (Å²) >= 11 is 3.64. The maximum absolute atomic E-state index is 4.58. The minimum Gasteiger partial charge on any atom is -0.300 e. The van der Waals surface area contributed by atoms with Crippen LogP contribution in [0.5, 0.6) is 0 Å². The Balaban J connectivity index is 1.79. The number of nitrogens with zero attached hydrogens (tertiary/aromatic N) is 3. The first kappa shape index (κ1) is 13.1. The summed E-state index contributed by atoms with van der Waals surface area (Å²) in [5.41, 5.74) is 1.18. The maximum Gasteiger partial charge on any atom is 0.0764 e. The third kappa shape index (κ3) is 3.55. The van der Waals surface area contributed by atoms with Crippen LogP contribution in [0.15, 0.2) is 12.3 Å². The van der Waals surface area contributed by atoms with E-state index in [1.165, 1.54) is 25.1 Å². The Morgan fingerprint density at radius 3 is 2.76 bits per heavy atom. The van der Waals surface area contributed by atoms with Crippen LogP contribution < -0.4 is 0 Å². The Morgan fingerprint density at radius 2 is 2.24 bits per heavy atom. The first-order valence-corrected chi connectivity index (χ1v) is 7.33. The molecule has 2 rings (SSSR count). The van der Waals surface area contributed by atoms with Crippen LogP contribution in [0.3, 0.4) is 0 Å². The van der Waals surface area contributed by atoms with Gasteiger partial charge in [0.15, 0.2) is 0 Å². The molecule has 0 saturated heterocycles. The molecule has 96 valence electrons. The largest absolute Gasteiger partial charge is 0.300 e. The van der Waals surface area contributed by atoms with E-state index < -0.39 is 0 Å². The molecule has 0 bridgehead atoms. The summed E-state index contributed by atoms with van der Waals surface area (Å²) in [6.45, 7) is 6.47. The minimum absolute atomic E-state index is 0.454. The topological polar surface area (TPSA) is 21.1 Å². The fourth-order valence-electron chi connectivity index (χ4n) is 2.33. The summed E-state index contributed by atoms with van der Waals surface area (Å²) in [6.07, 6.45) is 4.72. The first-order chi connectivity index (χ1) is 8.04. The molecule has 0 unspecified atom stereocenters. The van der Waals surface area contributed by atoms with Gasteiger partial charge in [-0.1, -0.05) is 15.9 Å². The molecule has 3 nitrogen and oxygen atoms in total. The summed E-state index contributed by atoms with van der Waals surface area (Å²) < 4.78 is 2.03. The van der Waals surface area contributed by atoms with Gasteiger partial charge in [0.2, 0.25) is 0 Å². The van der Waals surface area contributed by atoms with Crippen molar-refractivity contribution >= 4 is 15.9 Å². The highest BCUT2D eigenvalue weighted by Gasteiger charge is 2.27. The Labute approximate surface area is 112 Å². The molecule has 0 spiro atoms. The van der Waals surface area contributed by atoms with Crippen molar-refractivity contribution in [3.63, 3.8) is 0 Å². The molecule has 1 heterocycles. The van der Waals surface area contributed by atoms with Crippen molar-refractivity contribution < 1.29 is 0 Å². The highest BCUT2D eigenvalue weighted by Crippen LogP contribution is 2.33. The van der Waals surface area contributed by atoms with E-state index in [4.69, 9.17) is 0 Å². The van der Waals surface area contributed by atoms with Crippen LogP contribution in [0.25, 0.3) is 0 Å². The lowest BCUT2D eigenvalue weighted by molar-refractivity contribution is 0.206. The highest BCUT2D eigenvalue weighted by atomic mass is 79.9. The normalized spacial score (nSPS) is 24.4. The van der Waals surface area contributed by atoms with Gasteiger partial charge in [-0.25, -0.2) is 0 Å². The second kappa shape index (κ2) is 5.53. The first-order valence-electron chi connectivity index (χ1n) is 6.41. The number of halogens is 1. The van der Waals surface area contributed by atoms with E-state index in [0.29, 0.717) is 6.04 Å². The molecule has 1 aliphatic carbocycles. The molecule has 1 aromatic heterocycles. The van der Waals surface area contributed by atoms with Gasteiger partial charge in [-0.15, -0.1) is 0 Å². The zero-order valence-corrected chi connectivity index (χ0v) is 12.5. The third-order valence-electron chi connectivity index (χ3n) is 3.37. The Hall–Kier alpha value is -0.350. The average Bonchev–Trinajstić information content (AvgIpc) is 2.63. The van der Waals surface area contributed by atoms with E-state index in [9.17, 15) is 0 Å². The second-order valence-electron chi connectivity index (χ2n) is 5.51. The highest BCUT2D eigenvalue weighted by molar-refractivity contribution is 9.09. The van der Waals surface area contributed by atoms with Crippen molar-refractivity contribution in [1.82, 2.24) is 14.7 Å². The molecule has 1 aliphatic rings. The SMILES string of the molecule is CC(C)n1ccc(CN(C)CC2CC(Br)C2)n1. The van der Waals surface area contributed by atoms with Crippen molar-refractivity contribution in [1.29, 1.82) is 0 Å². The molecule has 0 aliphatic heterocycles. The zero-order valence-electron chi connectivity index (χ0n) is 10.9. The van der Waals surface area contributed by atoms with E-state index in [1.807, 2.05) is 4.68 Å². The number of hydrogen-bond acceptors (Lipinski definition) is 2. The van der Waals surface area contributed by atoms with Gasteiger partial charge in [-0.05, 0) is 45.7 Å². The smallest absolute Gasteiger partial charge is 0.0764 e. The monoisotopic (exact) mass is 299 g/mol. The van der Waals surface area contributed by atoms with Crippen LogP contribution >= 0.6 is 15.9 Å². The fraction of sp³-hybridized carbons (Fsp3) is 0.769. The van der Waals surface area contributed by atoms with Gasteiger partial charge < -0.3 is 4.90 Å². The third-order valence-corrected chi connectivity index (χ3v) is 4.12. The van der Waals surface area contributed by atoms with Crippen molar-refractivity contribution in [3.05, 3.63) is 18.0 Å². The second-order valence-corrected chi connectivity index (χ2v) is 6.81. The predicted molar refractivity (Wildman–Crippen MR) is 74.4 cm³/mol. The van der Waals surface area contributed by atoms with Crippen LogP contribution in [0, 0.1) is 5.92 Å². The van der Waals surface area contributed by atoms with E-state index in [0.717, 1.165) is 17.3 Å². The standard InChI is InChI=1S/C13H22BrN3/c1-10(2)17-5-4-13(15-17)9-16(3)8-11-6-12(14)7-11/h4-5,10-12H,6-9H2,1-3H3. The van der Waals surface area contributed by atoms with E-state index in [1.54, 1.807) is 0 Å². The Morgan fingerprint density at radius 1 is 1.53 bits per heavy atom. The van der Waals surface area contributed by atoms with Gasteiger partial charge in [-0.3, -0.25) is 4.68 Å². The lowest BCUT2D eigenvalue weighted by Gasteiger charge is -2.34. The molecular formula is C13H22BrN3. The van der Waals surface area contributed by atoms with Gasteiger partial charge in [0.1, 0.15) is 0 Å². The summed E-state index contributed by atoms with van der Waals surface area (Å²) in [5, 5.41) is 4.58. The van der Waals surface area contributed by atoms with Crippen LogP contribution in [0.4, 0.5) is 0 Å². The fourth-order valence-corrected chi connectivity index (χ4v) is 3.39. The molecule has 0 atom stereocenters. The quantitative estimate of drug-likeness (QED) is 0.779. The number of hydrogen-bond donors (Lipinski definition) is 0. The van der Waals surface area contributed by atoms with Gasteiger partial charge in [0, 0.05) is 30.2 Å². The summed E-state index contributed by atoms with van der Waals surface area (Å²) in [7, 11) is 2.19. The van der Waals surface area contributed by atoms with Crippen molar-refractivity contribution in [2.24, 2.45) is 5.92 Å². The van der Waals surface area contributed by atoms with Crippen molar-refractivity contribution in [2.45, 2.75) is 44.1 Å². The minimum atomic E-state index is 0.454. The summed E-state index contributed by atoms with van der Waals surface area (Å²) in [5.74, 6) is 0.872. The molecule has 0 amide bonds.